The highest BCUT2D eigenvalue weighted by molar-refractivity contribution is 4.65. The van der Waals surface area contributed by atoms with Crippen molar-refractivity contribution in [3.05, 3.63) is 0 Å². The molecule has 0 N–H and O–H groups in total. The van der Waals surface area contributed by atoms with E-state index < -0.39 is 37.8 Å². The third kappa shape index (κ3) is 7.31. The highest BCUT2D eigenvalue weighted by atomic mass is 19.4. The fourth-order valence-corrected chi connectivity index (χ4v) is 0.778. The molecule has 0 aromatic heterocycles. The average molecular weight is 276 g/mol. The number of rotatable bonds is 5. The molecule has 0 aromatic rings. The molecule has 0 aromatic carbocycles. The highest BCUT2D eigenvalue weighted by Crippen LogP contribution is 2.36. The first kappa shape index (κ1) is 16.4. The molecule has 0 aliphatic heterocycles. The van der Waals surface area contributed by atoms with Gasteiger partial charge in [0.05, 0.1) is 0 Å². The lowest BCUT2D eigenvalue weighted by Crippen LogP contribution is -2.42. The van der Waals surface area contributed by atoms with E-state index >= 15 is 0 Å². The smallest absolute Gasteiger partial charge is 0.345 e. The minimum atomic E-state index is -5.36. The van der Waals surface area contributed by atoms with Crippen LogP contribution in [-0.2, 0) is 9.47 Å². The first-order valence-electron chi connectivity index (χ1n) is 4.18. The van der Waals surface area contributed by atoms with E-state index in [9.17, 15) is 35.1 Å². The van der Waals surface area contributed by atoms with Crippen LogP contribution in [-0.4, -0.2) is 31.4 Å². The molecule has 0 spiro atoms. The van der Waals surface area contributed by atoms with Crippen molar-refractivity contribution < 1.29 is 44.6 Å². The zero-order valence-electron chi connectivity index (χ0n) is 8.33. The molecule has 0 saturated carbocycles. The van der Waals surface area contributed by atoms with E-state index in [0.29, 0.717) is 0 Å². The number of hydrogen-bond donors (Lipinski definition) is 0. The van der Waals surface area contributed by atoms with E-state index in [1.165, 1.54) is 0 Å². The largest absolute Gasteiger partial charge is 0.440 e. The second-order valence-electron chi connectivity index (χ2n) is 2.88. The van der Waals surface area contributed by atoms with Crippen molar-refractivity contribution >= 4 is 0 Å². The number of hydrogen-bond acceptors (Lipinski definition) is 2. The van der Waals surface area contributed by atoms with Gasteiger partial charge in [0.2, 0.25) is 0 Å². The minimum absolute atomic E-state index is 0.647. The monoisotopic (exact) mass is 276 g/mol. The van der Waals surface area contributed by atoms with Gasteiger partial charge in [-0.2, -0.15) is 35.1 Å². The van der Waals surface area contributed by atoms with Gasteiger partial charge in [-0.3, -0.25) is 4.74 Å². The lowest BCUT2D eigenvalue weighted by atomic mass is 10.4. The van der Waals surface area contributed by atoms with E-state index in [0.717, 1.165) is 6.92 Å². The summed E-state index contributed by atoms with van der Waals surface area (Å²) in [7, 11) is 0. The summed E-state index contributed by atoms with van der Waals surface area (Å²) in [5, 5.41) is 0. The van der Waals surface area contributed by atoms with Crippen molar-refractivity contribution in [3.8, 4) is 0 Å². The molecule has 0 saturated heterocycles. The van der Waals surface area contributed by atoms with Gasteiger partial charge in [0.15, 0.2) is 0 Å². The van der Waals surface area contributed by atoms with Crippen LogP contribution >= 0.6 is 0 Å². The summed E-state index contributed by atoms with van der Waals surface area (Å²) in [6.45, 7) is 0.399. The number of alkyl halides is 8. The molecular formula is C7H8F8O2. The van der Waals surface area contributed by atoms with Crippen LogP contribution in [0.1, 0.15) is 13.3 Å². The molecule has 0 aliphatic carbocycles. The van der Waals surface area contributed by atoms with E-state index in [1.807, 2.05) is 0 Å². The lowest BCUT2D eigenvalue weighted by molar-refractivity contribution is -0.400. The summed E-state index contributed by atoms with van der Waals surface area (Å²) in [5.74, 6) is 0. The predicted octanol–water partition coefficient (Wildman–Crippen LogP) is 3.47. The van der Waals surface area contributed by atoms with Crippen molar-refractivity contribution in [3.63, 3.8) is 0 Å². The molecule has 104 valence electrons. The fraction of sp³-hybridized carbons (Fsp3) is 1.00. The summed E-state index contributed by atoms with van der Waals surface area (Å²) in [6.07, 6.45) is -21.9. The van der Waals surface area contributed by atoms with E-state index in [4.69, 9.17) is 0 Å². The van der Waals surface area contributed by atoms with Gasteiger partial charge in [-0.25, -0.2) is 0 Å². The summed E-state index contributed by atoms with van der Waals surface area (Å²) >= 11 is 0. The Labute approximate surface area is 90.5 Å². The van der Waals surface area contributed by atoms with Gasteiger partial charge < -0.3 is 4.74 Å². The maximum atomic E-state index is 12.5. The van der Waals surface area contributed by atoms with Crippen LogP contribution < -0.4 is 0 Å². The number of ether oxygens (including phenoxy) is 2. The Morgan fingerprint density at radius 3 is 1.71 bits per heavy atom. The zero-order valence-corrected chi connectivity index (χ0v) is 8.33. The Hall–Kier alpha value is -0.640. The molecule has 0 amide bonds. The van der Waals surface area contributed by atoms with Gasteiger partial charge in [-0.05, 0) is 6.92 Å². The molecule has 2 nitrogen and oxygen atoms in total. The Kier molecular flexibility index (Phi) is 5.14. The summed E-state index contributed by atoms with van der Waals surface area (Å²) in [6, 6.07) is 0. The third-order valence-electron chi connectivity index (χ3n) is 1.27. The van der Waals surface area contributed by atoms with Crippen LogP contribution in [0.25, 0.3) is 0 Å². The first-order valence-corrected chi connectivity index (χ1v) is 4.18. The highest BCUT2D eigenvalue weighted by Gasteiger charge is 2.52. The summed E-state index contributed by atoms with van der Waals surface area (Å²) in [4.78, 5) is 0. The van der Waals surface area contributed by atoms with Gasteiger partial charge >= 0.3 is 18.5 Å². The molecule has 1 atom stereocenters. The molecule has 0 radical (unpaired) electrons. The van der Waals surface area contributed by atoms with Crippen LogP contribution in [0.15, 0.2) is 0 Å². The second-order valence-corrected chi connectivity index (χ2v) is 2.88. The molecule has 0 rings (SSSR count). The van der Waals surface area contributed by atoms with E-state index in [1.54, 1.807) is 0 Å². The van der Waals surface area contributed by atoms with Gasteiger partial charge in [-0.1, -0.05) is 0 Å². The molecule has 0 aliphatic rings. The SMILES string of the molecule is CCOC(OC(F)(F)CC(F)(F)F)C(F)(F)F. The van der Waals surface area contributed by atoms with Crippen molar-refractivity contribution in [1.82, 2.24) is 0 Å². The van der Waals surface area contributed by atoms with E-state index in [-0.39, 0.29) is 0 Å². The van der Waals surface area contributed by atoms with Gasteiger partial charge in [0.25, 0.3) is 6.29 Å². The van der Waals surface area contributed by atoms with Gasteiger partial charge in [0, 0.05) is 6.61 Å². The number of halogens is 8. The molecule has 1 unspecified atom stereocenters. The molecule has 10 heteroatoms. The van der Waals surface area contributed by atoms with Crippen molar-refractivity contribution in [2.45, 2.75) is 38.1 Å². The lowest BCUT2D eigenvalue weighted by Gasteiger charge is -2.26. The van der Waals surface area contributed by atoms with Crippen molar-refractivity contribution in [1.29, 1.82) is 0 Å². The van der Waals surface area contributed by atoms with Crippen LogP contribution in [0.2, 0.25) is 0 Å². The molecule has 0 bridgehead atoms. The first-order chi connectivity index (χ1) is 7.37. The van der Waals surface area contributed by atoms with Crippen molar-refractivity contribution in [2.75, 3.05) is 6.61 Å². The molecular weight excluding hydrogens is 268 g/mol. The Morgan fingerprint density at radius 1 is 0.941 bits per heavy atom. The maximum Gasteiger partial charge on any atom is 0.440 e. The van der Waals surface area contributed by atoms with Gasteiger partial charge in [0.1, 0.15) is 6.42 Å². The molecule has 0 heterocycles. The fourth-order valence-electron chi connectivity index (χ4n) is 0.778. The predicted molar refractivity (Wildman–Crippen MR) is 38.2 cm³/mol. The van der Waals surface area contributed by atoms with Crippen LogP contribution in [0, 0.1) is 0 Å². The van der Waals surface area contributed by atoms with Crippen LogP contribution in [0.4, 0.5) is 35.1 Å². The van der Waals surface area contributed by atoms with Crippen molar-refractivity contribution in [2.24, 2.45) is 0 Å². The van der Waals surface area contributed by atoms with Gasteiger partial charge in [-0.15, -0.1) is 0 Å². The van der Waals surface area contributed by atoms with E-state index in [2.05, 4.69) is 9.47 Å². The quantitative estimate of drug-likeness (QED) is 0.565. The molecule has 17 heavy (non-hydrogen) atoms. The summed E-state index contributed by atoms with van der Waals surface area (Å²) in [5.41, 5.74) is 0. The van der Waals surface area contributed by atoms with Crippen LogP contribution in [0.5, 0.6) is 0 Å². The molecule has 0 fully saturated rings. The topological polar surface area (TPSA) is 18.5 Å². The second kappa shape index (κ2) is 5.34. The Balaban J connectivity index is 4.64. The Morgan fingerprint density at radius 2 is 1.41 bits per heavy atom. The Bertz CT molecular complexity index is 233. The minimum Gasteiger partial charge on any atom is -0.345 e. The zero-order chi connectivity index (χ0) is 13.9. The maximum absolute atomic E-state index is 12.5. The average Bonchev–Trinajstić information content (AvgIpc) is 1.96. The normalized spacial score (nSPS) is 16.1. The third-order valence-corrected chi connectivity index (χ3v) is 1.27. The van der Waals surface area contributed by atoms with Crippen LogP contribution in [0.3, 0.4) is 0 Å². The standard InChI is InChI=1S/C7H8F8O2/c1-2-16-4(7(13,14)15)17-6(11,12)3-5(8,9)10/h4H,2-3H2,1H3. The summed E-state index contributed by atoms with van der Waals surface area (Å²) < 4.78 is 103.